The molecule has 90 heavy (non-hydrogen) atoms. The summed E-state index contributed by atoms with van der Waals surface area (Å²) >= 11 is 0. The van der Waals surface area contributed by atoms with Crippen molar-refractivity contribution in [2.45, 2.75) is 381 Å². The van der Waals surface area contributed by atoms with E-state index in [1.54, 1.807) is 6.08 Å². The third kappa shape index (κ3) is 34.6. The largest absolute Gasteiger partial charge is 0.394 e. The Morgan fingerprint density at radius 1 is 0.389 bits per heavy atom. The molecule has 0 saturated carbocycles. The van der Waals surface area contributed by atoms with Crippen molar-refractivity contribution in [3.63, 3.8) is 0 Å². The lowest BCUT2D eigenvalue weighted by atomic mass is 9.96. The average molecular weight is 1290 g/mol. The van der Waals surface area contributed by atoms with Crippen molar-refractivity contribution in [1.29, 1.82) is 0 Å². The Morgan fingerprint density at radius 3 is 1.11 bits per heavy atom. The molecule has 0 aromatic heterocycles. The summed E-state index contributed by atoms with van der Waals surface area (Å²) in [5.41, 5.74) is 0. The summed E-state index contributed by atoms with van der Waals surface area (Å²) in [7, 11) is 0. The highest BCUT2D eigenvalue weighted by atomic mass is 16.8. The first-order valence-corrected chi connectivity index (χ1v) is 36.2. The van der Waals surface area contributed by atoms with Crippen LogP contribution in [0.25, 0.3) is 0 Å². The molecule has 0 spiro atoms. The Labute approximate surface area is 542 Å². The van der Waals surface area contributed by atoms with Crippen LogP contribution in [0.4, 0.5) is 0 Å². The Balaban J connectivity index is 1.44. The topological polar surface area (TPSA) is 307 Å². The molecule has 528 valence electrons. The molecule has 17 unspecified atom stereocenters. The number of hydrogen-bond donors (Lipinski definition) is 12. The molecule has 3 heterocycles. The third-order valence-electron chi connectivity index (χ3n) is 18.2. The fourth-order valence-corrected chi connectivity index (χ4v) is 12.3. The van der Waals surface area contributed by atoms with Crippen LogP contribution in [0, 0.1) is 0 Å². The quantitative estimate of drug-likeness (QED) is 0.0199. The zero-order valence-electron chi connectivity index (χ0n) is 55.9. The fourth-order valence-electron chi connectivity index (χ4n) is 12.3. The van der Waals surface area contributed by atoms with Crippen LogP contribution in [-0.2, 0) is 33.2 Å². The van der Waals surface area contributed by atoms with Crippen LogP contribution in [0.1, 0.15) is 277 Å². The lowest BCUT2D eigenvalue weighted by molar-refractivity contribution is -0.379. The highest BCUT2D eigenvalue weighted by Gasteiger charge is 2.53. The van der Waals surface area contributed by atoms with Crippen molar-refractivity contribution in [1.82, 2.24) is 5.32 Å². The van der Waals surface area contributed by atoms with Gasteiger partial charge in [0.15, 0.2) is 18.9 Å². The Kier molecular flexibility index (Phi) is 48.6. The van der Waals surface area contributed by atoms with Gasteiger partial charge in [-0.1, -0.05) is 262 Å². The molecule has 3 saturated heterocycles. The van der Waals surface area contributed by atoms with E-state index in [4.69, 9.17) is 28.4 Å². The lowest BCUT2D eigenvalue weighted by Crippen LogP contribution is -2.66. The Hall–Kier alpha value is -1.99. The average Bonchev–Trinajstić information content (AvgIpc) is 1.05. The van der Waals surface area contributed by atoms with Crippen molar-refractivity contribution in [3.05, 3.63) is 36.5 Å². The second kappa shape index (κ2) is 53.2. The molecule has 3 aliphatic heterocycles. The number of aliphatic hydroxyl groups is 11. The van der Waals surface area contributed by atoms with Gasteiger partial charge in [-0.25, -0.2) is 0 Å². The molecule has 0 aliphatic carbocycles. The molecule has 0 radical (unpaired) electrons. The SMILES string of the molecule is CCCCCCCCCCCCC/C=C/CC/C=C/CC/C=C/C(O)C(COC1OC(CO)C(OC2OC(CO)C(OC3OC(CO)C(O)C(O)C3O)C(O)C2O)C(O)C1O)NC(=O)CCCCCCCCCCCCCCCCCCCCCCCCCC. The molecular formula is C71H131NO18. The van der Waals surface area contributed by atoms with Gasteiger partial charge in [-0.05, 0) is 44.9 Å². The van der Waals surface area contributed by atoms with E-state index in [9.17, 15) is 61.0 Å². The first-order valence-electron chi connectivity index (χ1n) is 36.2. The summed E-state index contributed by atoms with van der Waals surface area (Å²) < 4.78 is 34.4. The minimum atomic E-state index is -1.98. The molecule has 3 rings (SSSR count). The molecule has 19 nitrogen and oxygen atoms in total. The molecule has 0 aromatic rings. The van der Waals surface area contributed by atoms with Crippen LogP contribution < -0.4 is 5.32 Å². The van der Waals surface area contributed by atoms with Crippen LogP contribution in [-0.4, -0.2) is 193 Å². The van der Waals surface area contributed by atoms with E-state index in [1.807, 2.05) is 6.08 Å². The number of ether oxygens (including phenoxy) is 6. The zero-order valence-corrected chi connectivity index (χ0v) is 55.9. The molecule has 12 N–H and O–H groups in total. The van der Waals surface area contributed by atoms with Crippen molar-refractivity contribution in [2.75, 3.05) is 26.4 Å². The number of nitrogens with one attached hydrogen (secondary N) is 1. The second-order valence-corrected chi connectivity index (χ2v) is 26.0. The van der Waals surface area contributed by atoms with E-state index in [1.165, 1.54) is 199 Å². The molecule has 0 bridgehead atoms. The van der Waals surface area contributed by atoms with E-state index >= 15 is 0 Å². The monoisotopic (exact) mass is 1290 g/mol. The van der Waals surface area contributed by atoms with Crippen LogP contribution >= 0.6 is 0 Å². The molecular weight excluding hydrogens is 1150 g/mol. The lowest BCUT2D eigenvalue weighted by Gasteiger charge is -2.48. The summed E-state index contributed by atoms with van der Waals surface area (Å²) in [6.45, 7) is 1.74. The van der Waals surface area contributed by atoms with Gasteiger partial charge < -0.3 is 89.9 Å². The van der Waals surface area contributed by atoms with Crippen molar-refractivity contribution < 1.29 is 89.4 Å². The number of amides is 1. The van der Waals surface area contributed by atoms with E-state index in [0.29, 0.717) is 12.8 Å². The highest BCUT2D eigenvalue weighted by Crippen LogP contribution is 2.33. The van der Waals surface area contributed by atoms with Gasteiger partial charge in [-0.3, -0.25) is 4.79 Å². The van der Waals surface area contributed by atoms with Gasteiger partial charge in [0.2, 0.25) is 5.91 Å². The van der Waals surface area contributed by atoms with Crippen LogP contribution in [0.15, 0.2) is 36.5 Å². The third-order valence-corrected chi connectivity index (χ3v) is 18.2. The van der Waals surface area contributed by atoms with Crippen LogP contribution in [0.5, 0.6) is 0 Å². The maximum Gasteiger partial charge on any atom is 0.220 e. The highest BCUT2D eigenvalue weighted by molar-refractivity contribution is 5.76. The summed E-state index contributed by atoms with van der Waals surface area (Å²) in [4.78, 5) is 13.4. The van der Waals surface area contributed by atoms with Gasteiger partial charge in [-0.2, -0.15) is 0 Å². The van der Waals surface area contributed by atoms with Crippen molar-refractivity contribution in [2.24, 2.45) is 0 Å². The predicted octanol–water partition coefficient (Wildman–Crippen LogP) is 10.00. The van der Waals surface area contributed by atoms with Gasteiger partial charge >= 0.3 is 0 Å². The standard InChI is InChI=1S/C71H131NO18/c1-3-5-7-9-11-13-15-17-19-21-23-25-26-27-29-31-33-35-37-39-41-43-45-47-49-59(77)72-54(55(76)48-46-44-42-40-38-36-34-32-30-28-24-22-20-18-16-14-12-10-8-6-4-2)53-85-69-65(83)62(80)67(57(51-74)87-69)90-71-66(84)63(81)68(58(52-75)88-71)89-70-64(82)61(79)60(78)56(50-73)86-70/h30,32,38,40,46,48,54-58,60-71,73-76,78-84H,3-29,31,33-37,39,41-45,47,49-53H2,1-2H3,(H,72,77)/b32-30+,40-38+,48-46+. The second-order valence-electron chi connectivity index (χ2n) is 26.0. The maximum absolute atomic E-state index is 13.4. The zero-order chi connectivity index (χ0) is 65.4. The van der Waals surface area contributed by atoms with Gasteiger partial charge in [0.1, 0.15) is 73.2 Å². The number of carbonyl (C=O) groups excluding carboxylic acids is 1. The van der Waals surface area contributed by atoms with Crippen molar-refractivity contribution in [3.8, 4) is 0 Å². The van der Waals surface area contributed by atoms with Gasteiger partial charge in [0.05, 0.1) is 38.6 Å². The molecule has 1 amide bonds. The van der Waals surface area contributed by atoms with E-state index in [2.05, 4.69) is 43.5 Å². The Bertz CT molecular complexity index is 1780. The van der Waals surface area contributed by atoms with Crippen molar-refractivity contribution >= 4 is 5.91 Å². The summed E-state index contributed by atoms with van der Waals surface area (Å²) in [5, 5.41) is 121. The number of hydrogen-bond acceptors (Lipinski definition) is 18. The number of unbranched alkanes of at least 4 members (excludes halogenated alkanes) is 36. The number of allylic oxidation sites excluding steroid dienone is 5. The van der Waals surface area contributed by atoms with Gasteiger partial charge in [0.25, 0.3) is 0 Å². The van der Waals surface area contributed by atoms with Gasteiger partial charge in [0, 0.05) is 6.42 Å². The first-order chi connectivity index (χ1) is 43.8. The number of carbonyl (C=O) groups is 1. The van der Waals surface area contributed by atoms with E-state index in [-0.39, 0.29) is 18.9 Å². The first kappa shape index (κ1) is 82.2. The summed E-state index contributed by atoms with van der Waals surface area (Å²) in [6, 6.07) is -0.995. The number of aliphatic hydroxyl groups excluding tert-OH is 11. The molecule has 0 aromatic carbocycles. The van der Waals surface area contributed by atoms with Crippen LogP contribution in [0.3, 0.4) is 0 Å². The molecule has 17 atom stereocenters. The fraction of sp³-hybridized carbons (Fsp3) is 0.901. The maximum atomic E-state index is 13.4. The molecule has 19 heteroatoms. The van der Waals surface area contributed by atoms with E-state index in [0.717, 1.165) is 44.9 Å². The van der Waals surface area contributed by atoms with Gasteiger partial charge in [-0.15, -0.1) is 0 Å². The minimum absolute atomic E-state index is 0.236. The summed E-state index contributed by atoms with van der Waals surface area (Å²) in [6.07, 6.45) is 35.5. The molecule has 3 fully saturated rings. The normalized spacial score (nSPS) is 28.2. The Morgan fingerprint density at radius 2 is 0.711 bits per heavy atom. The predicted molar refractivity (Wildman–Crippen MR) is 351 cm³/mol. The number of rotatable bonds is 56. The van der Waals surface area contributed by atoms with E-state index < -0.39 is 124 Å². The smallest absolute Gasteiger partial charge is 0.220 e. The summed E-state index contributed by atoms with van der Waals surface area (Å²) in [5.74, 6) is -0.285. The van der Waals surface area contributed by atoms with Crippen LogP contribution in [0.2, 0.25) is 0 Å². The molecule has 3 aliphatic rings. The minimum Gasteiger partial charge on any atom is -0.394 e.